The van der Waals surface area contributed by atoms with Gasteiger partial charge in [0.15, 0.2) is 5.78 Å². The third kappa shape index (κ3) is 3.33. The molecule has 1 rings (SSSR count). The SMILES string of the molecule is CC(C#N)CC(=O)c1cc(Br)ccc1Cl. The van der Waals surface area contributed by atoms with Gasteiger partial charge in [0.1, 0.15) is 0 Å². The molecule has 0 aliphatic carbocycles. The van der Waals surface area contributed by atoms with Crippen LogP contribution in [0, 0.1) is 17.2 Å². The Morgan fingerprint density at radius 1 is 1.67 bits per heavy atom. The van der Waals surface area contributed by atoms with Crippen molar-refractivity contribution >= 4 is 33.3 Å². The van der Waals surface area contributed by atoms with Crippen LogP contribution in [0.25, 0.3) is 0 Å². The lowest BCUT2D eigenvalue weighted by atomic mass is 10.0. The highest BCUT2D eigenvalue weighted by Crippen LogP contribution is 2.23. The Morgan fingerprint density at radius 3 is 2.93 bits per heavy atom. The molecule has 0 aromatic heterocycles. The Labute approximate surface area is 102 Å². The van der Waals surface area contributed by atoms with Crippen molar-refractivity contribution < 1.29 is 4.79 Å². The van der Waals surface area contributed by atoms with Crippen molar-refractivity contribution in [2.24, 2.45) is 5.92 Å². The monoisotopic (exact) mass is 285 g/mol. The normalized spacial score (nSPS) is 11.9. The van der Waals surface area contributed by atoms with Crippen LogP contribution >= 0.6 is 27.5 Å². The van der Waals surface area contributed by atoms with Crippen molar-refractivity contribution in [2.75, 3.05) is 0 Å². The molecule has 0 saturated carbocycles. The number of hydrogen-bond donors (Lipinski definition) is 0. The maximum atomic E-state index is 11.7. The molecule has 0 amide bonds. The van der Waals surface area contributed by atoms with Crippen molar-refractivity contribution in [3.8, 4) is 6.07 Å². The average Bonchev–Trinajstić information content (AvgIpc) is 2.21. The van der Waals surface area contributed by atoms with Crippen LogP contribution in [0.4, 0.5) is 0 Å². The zero-order valence-electron chi connectivity index (χ0n) is 8.13. The molecule has 78 valence electrons. The van der Waals surface area contributed by atoms with Gasteiger partial charge in [-0.2, -0.15) is 5.26 Å². The maximum absolute atomic E-state index is 11.7. The third-order valence-corrected chi connectivity index (χ3v) is 2.76. The first-order valence-electron chi connectivity index (χ1n) is 4.42. The summed E-state index contributed by atoms with van der Waals surface area (Å²) in [6.07, 6.45) is 0.201. The Kier molecular flexibility index (Phi) is 4.31. The van der Waals surface area contributed by atoms with Gasteiger partial charge in [0, 0.05) is 16.5 Å². The van der Waals surface area contributed by atoms with Crippen LogP contribution in [0.15, 0.2) is 22.7 Å². The van der Waals surface area contributed by atoms with Gasteiger partial charge >= 0.3 is 0 Å². The summed E-state index contributed by atoms with van der Waals surface area (Å²) in [6, 6.07) is 7.13. The number of Topliss-reactive ketones (excluding diaryl/α,β-unsaturated/α-hetero) is 1. The molecule has 0 aliphatic heterocycles. The fraction of sp³-hybridized carbons (Fsp3) is 0.273. The van der Waals surface area contributed by atoms with Gasteiger partial charge in [-0.05, 0) is 25.1 Å². The third-order valence-electron chi connectivity index (χ3n) is 1.94. The number of hydrogen-bond acceptors (Lipinski definition) is 2. The zero-order valence-corrected chi connectivity index (χ0v) is 10.5. The molecule has 2 nitrogen and oxygen atoms in total. The van der Waals surface area contributed by atoms with Gasteiger partial charge in [-0.25, -0.2) is 0 Å². The standard InChI is InChI=1S/C11H9BrClNO/c1-7(6-14)4-11(15)9-5-8(12)2-3-10(9)13/h2-3,5,7H,4H2,1H3. The molecule has 4 heteroatoms. The van der Waals surface area contributed by atoms with Crippen LogP contribution in [-0.2, 0) is 0 Å². The van der Waals surface area contributed by atoms with Crippen LogP contribution in [0.1, 0.15) is 23.7 Å². The first-order chi connectivity index (χ1) is 7.04. The summed E-state index contributed by atoms with van der Waals surface area (Å²) in [5.41, 5.74) is 0.466. The minimum atomic E-state index is -0.285. The van der Waals surface area contributed by atoms with E-state index in [0.29, 0.717) is 10.6 Å². The molecule has 0 radical (unpaired) electrons. The molecule has 0 heterocycles. The Bertz CT molecular complexity index is 425. The molecule has 1 aromatic rings. The Balaban J connectivity index is 2.92. The number of rotatable bonds is 3. The van der Waals surface area contributed by atoms with Gasteiger partial charge in [0.2, 0.25) is 0 Å². The predicted molar refractivity (Wildman–Crippen MR) is 62.9 cm³/mol. The lowest BCUT2D eigenvalue weighted by molar-refractivity contribution is 0.0973. The van der Waals surface area contributed by atoms with Crippen molar-refractivity contribution in [3.05, 3.63) is 33.3 Å². The number of nitrogens with zero attached hydrogens (tertiary/aromatic N) is 1. The van der Waals surface area contributed by atoms with E-state index in [-0.39, 0.29) is 18.1 Å². The van der Waals surface area contributed by atoms with E-state index >= 15 is 0 Å². The molecule has 0 saturated heterocycles. The first-order valence-corrected chi connectivity index (χ1v) is 5.59. The molecule has 0 spiro atoms. The predicted octanol–water partition coefficient (Wildman–Crippen LogP) is 3.83. The van der Waals surface area contributed by atoms with Gasteiger partial charge in [-0.3, -0.25) is 4.79 Å². The Morgan fingerprint density at radius 2 is 2.33 bits per heavy atom. The Hall–Kier alpha value is -0.850. The maximum Gasteiger partial charge on any atom is 0.165 e. The summed E-state index contributed by atoms with van der Waals surface area (Å²) in [5.74, 6) is -0.386. The van der Waals surface area contributed by atoms with E-state index in [1.165, 1.54) is 0 Å². The van der Waals surface area contributed by atoms with Gasteiger partial charge < -0.3 is 0 Å². The number of halogens is 2. The second-order valence-electron chi connectivity index (χ2n) is 3.28. The molecular formula is C11H9BrClNO. The summed E-state index contributed by atoms with van der Waals surface area (Å²) in [4.78, 5) is 11.7. The summed E-state index contributed by atoms with van der Waals surface area (Å²) in [6.45, 7) is 1.71. The van der Waals surface area contributed by atoms with Crippen molar-refractivity contribution in [2.45, 2.75) is 13.3 Å². The average molecular weight is 287 g/mol. The minimum Gasteiger partial charge on any atom is -0.294 e. The lowest BCUT2D eigenvalue weighted by Crippen LogP contribution is -2.05. The molecule has 0 N–H and O–H groups in total. The number of benzene rings is 1. The van der Waals surface area contributed by atoms with Crippen molar-refractivity contribution in [3.63, 3.8) is 0 Å². The van der Waals surface area contributed by atoms with Gasteiger partial charge in [0.05, 0.1) is 17.0 Å². The fourth-order valence-electron chi connectivity index (χ4n) is 1.14. The van der Waals surface area contributed by atoms with E-state index in [1.807, 2.05) is 6.07 Å². The van der Waals surface area contributed by atoms with Crippen molar-refractivity contribution in [1.82, 2.24) is 0 Å². The molecule has 0 fully saturated rings. The molecule has 15 heavy (non-hydrogen) atoms. The van der Waals surface area contributed by atoms with Gasteiger partial charge in [-0.1, -0.05) is 27.5 Å². The highest BCUT2D eigenvalue weighted by molar-refractivity contribution is 9.10. The molecule has 0 aliphatic rings. The van der Waals surface area contributed by atoms with Crippen LogP contribution in [-0.4, -0.2) is 5.78 Å². The number of ketones is 1. The van der Waals surface area contributed by atoms with E-state index in [9.17, 15) is 4.79 Å². The highest BCUT2D eigenvalue weighted by Gasteiger charge is 2.14. The smallest absolute Gasteiger partial charge is 0.165 e. The molecular weight excluding hydrogens is 277 g/mol. The van der Waals surface area contributed by atoms with Crippen LogP contribution in [0.2, 0.25) is 5.02 Å². The number of carbonyl (C=O) groups is 1. The lowest BCUT2D eigenvalue weighted by Gasteiger charge is -2.05. The quantitative estimate of drug-likeness (QED) is 0.792. The molecule has 1 atom stereocenters. The summed E-state index contributed by atoms with van der Waals surface area (Å²) in [5, 5.41) is 9.03. The zero-order chi connectivity index (χ0) is 11.4. The summed E-state index contributed by atoms with van der Waals surface area (Å²) in [7, 11) is 0. The van der Waals surface area contributed by atoms with Gasteiger partial charge in [-0.15, -0.1) is 0 Å². The van der Waals surface area contributed by atoms with E-state index in [4.69, 9.17) is 16.9 Å². The first kappa shape index (κ1) is 12.2. The minimum absolute atomic E-state index is 0.102. The van der Waals surface area contributed by atoms with Crippen molar-refractivity contribution in [1.29, 1.82) is 5.26 Å². The fourth-order valence-corrected chi connectivity index (χ4v) is 1.73. The number of nitriles is 1. The van der Waals surface area contributed by atoms with E-state index in [0.717, 1.165) is 4.47 Å². The molecule has 1 unspecified atom stereocenters. The van der Waals surface area contributed by atoms with E-state index in [2.05, 4.69) is 15.9 Å². The summed E-state index contributed by atoms with van der Waals surface area (Å²) >= 11 is 9.17. The van der Waals surface area contributed by atoms with E-state index < -0.39 is 0 Å². The molecule has 1 aromatic carbocycles. The number of carbonyl (C=O) groups excluding carboxylic acids is 1. The summed E-state index contributed by atoms with van der Waals surface area (Å²) < 4.78 is 0.805. The van der Waals surface area contributed by atoms with Crippen LogP contribution in [0.5, 0.6) is 0 Å². The largest absolute Gasteiger partial charge is 0.294 e. The highest BCUT2D eigenvalue weighted by atomic mass is 79.9. The molecule has 0 bridgehead atoms. The second kappa shape index (κ2) is 5.29. The topological polar surface area (TPSA) is 40.9 Å². The van der Waals surface area contributed by atoms with Crippen LogP contribution in [0.3, 0.4) is 0 Å². The van der Waals surface area contributed by atoms with Crippen LogP contribution < -0.4 is 0 Å². The second-order valence-corrected chi connectivity index (χ2v) is 4.60. The van der Waals surface area contributed by atoms with E-state index in [1.54, 1.807) is 25.1 Å². The van der Waals surface area contributed by atoms with Gasteiger partial charge in [0.25, 0.3) is 0 Å².